The van der Waals surface area contributed by atoms with E-state index >= 15 is 0 Å². The molecule has 0 radical (unpaired) electrons. The second-order valence-corrected chi connectivity index (χ2v) is 4.65. The molecule has 0 aromatic carbocycles. The van der Waals surface area contributed by atoms with Gasteiger partial charge in [0.15, 0.2) is 0 Å². The Hall–Kier alpha value is -2.17. The van der Waals surface area contributed by atoms with Gasteiger partial charge >= 0.3 is 0 Å². The Morgan fingerprint density at radius 1 is 1.55 bits per heavy atom. The average molecular weight is 276 g/mol. The molecule has 3 amide bonds. The smallest absolute Gasteiger partial charge is 0.254 e. The molecule has 108 valence electrons. The maximum Gasteiger partial charge on any atom is 0.254 e. The molecule has 0 aliphatic carbocycles. The Kier molecular flexibility index (Phi) is 5.90. The Morgan fingerprint density at radius 2 is 2.25 bits per heavy atom. The van der Waals surface area contributed by atoms with Crippen LogP contribution in [-0.2, 0) is 14.4 Å². The number of nitrogens with zero attached hydrogens (tertiary/aromatic N) is 1. The van der Waals surface area contributed by atoms with Gasteiger partial charge < -0.3 is 4.90 Å². The fourth-order valence-corrected chi connectivity index (χ4v) is 2.14. The van der Waals surface area contributed by atoms with Crippen molar-refractivity contribution in [3.8, 4) is 0 Å². The molecule has 5 nitrogen and oxygen atoms in total. The quantitative estimate of drug-likeness (QED) is 0.713. The molecule has 0 fully saturated rings. The average Bonchev–Trinajstić information content (AvgIpc) is 2.74. The monoisotopic (exact) mass is 276 g/mol. The molecule has 1 aliphatic heterocycles. The Bertz CT molecular complexity index is 478. The first-order valence-electron chi connectivity index (χ1n) is 6.57. The number of nitrogens with one attached hydrogen (secondary N) is 1. The van der Waals surface area contributed by atoms with E-state index in [0.29, 0.717) is 24.9 Å². The van der Waals surface area contributed by atoms with E-state index in [2.05, 4.69) is 11.9 Å². The lowest BCUT2D eigenvalue weighted by atomic mass is 10.1. The van der Waals surface area contributed by atoms with Gasteiger partial charge in [-0.2, -0.15) is 0 Å². The summed E-state index contributed by atoms with van der Waals surface area (Å²) in [5, 5.41) is 2.09. The molecule has 1 N–H and O–H groups in total. The minimum atomic E-state index is -0.330. The Balaban J connectivity index is 2.66. The third-order valence-electron chi connectivity index (χ3n) is 3.30. The van der Waals surface area contributed by atoms with Crippen LogP contribution >= 0.6 is 0 Å². The summed E-state index contributed by atoms with van der Waals surface area (Å²) in [4.78, 5) is 35.4. The summed E-state index contributed by atoms with van der Waals surface area (Å²) in [6.07, 6.45) is 6.40. The first-order valence-corrected chi connectivity index (χ1v) is 6.57. The van der Waals surface area contributed by atoms with Gasteiger partial charge in [0.05, 0.1) is 0 Å². The van der Waals surface area contributed by atoms with E-state index in [1.54, 1.807) is 17.1 Å². The molecule has 0 aromatic heterocycles. The van der Waals surface area contributed by atoms with Crippen molar-refractivity contribution in [2.45, 2.75) is 32.7 Å². The molecule has 1 unspecified atom stereocenters. The van der Waals surface area contributed by atoms with Crippen molar-refractivity contribution in [1.82, 2.24) is 10.2 Å². The molecular weight excluding hydrogens is 256 g/mol. The van der Waals surface area contributed by atoms with Crippen molar-refractivity contribution in [3.05, 3.63) is 36.0 Å². The number of carbonyl (C=O) groups is 3. The van der Waals surface area contributed by atoms with E-state index in [0.717, 1.165) is 5.57 Å². The highest BCUT2D eigenvalue weighted by atomic mass is 16.2. The fourth-order valence-electron chi connectivity index (χ4n) is 2.14. The van der Waals surface area contributed by atoms with E-state index in [-0.39, 0.29) is 24.3 Å². The summed E-state index contributed by atoms with van der Waals surface area (Å²) in [6, 6.07) is -0.0717. The van der Waals surface area contributed by atoms with E-state index in [1.807, 2.05) is 19.9 Å². The van der Waals surface area contributed by atoms with Crippen LogP contribution in [0.25, 0.3) is 0 Å². The van der Waals surface area contributed by atoms with Crippen LogP contribution < -0.4 is 5.32 Å². The topological polar surface area (TPSA) is 66.5 Å². The van der Waals surface area contributed by atoms with E-state index in [1.165, 1.54) is 0 Å². The van der Waals surface area contributed by atoms with Crippen LogP contribution in [0, 0.1) is 0 Å². The largest absolute Gasteiger partial charge is 0.332 e. The fraction of sp³-hybridized carbons (Fsp3) is 0.400. The minimum absolute atomic E-state index is 0.0405. The maximum atomic E-state index is 12.3. The first-order chi connectivity index (χ1) is 9.54. The van der Waals surface area contributed by atoms with Crippen molar-refractivity contribution < 1.29 is 14.4 Å². The van der Waals surface area contributed by atoms with Gasteiger partial charge in [-0.05, 0) is 25.8 Å². The van der Waals surface area contributed by atoms with Crippen LogP contribution in [0.2, 0.25) is 0 Å². The van der Waals surface area contributed by atoms with Crippen molar-refractivity contribution in [2.75, 3.05) is 6.54 Å². The highest BCUT2D eigenvalue weighted by molar-refractivity contribution is 6.00. The number of rotatable bonds is 7. The Morgan fingerprint density at radius 3 is 2.80 bits per heavy atom. The lowest BCUT2D eigenvalue weighted by Crippen LogP contribution is -2.36. The van der Waals surface area contributed by atoms with E-state index in [4.69, 9.17) is 0 Å². The van der Waals surface area contributed by atoms with Crippen molar-refractivity contribution in [3.63, 3.8) is 0 Å². The third kappa shape index (κ3) is 3.66. The van der Waals surface area contributed by atoms with Crippen LogP contribution in [0.15, 0.2) is 36.0 Å². The number of amides is 3. The number of hydrogen-bond acceptors (Lipinski definition) is 3. The van der Waals surface area contributed by atoms with Gasteiger partial charge in [0.25, 0.3) is 5.91 Å². The van der Waals surface area contributed by atoms with Gasteiger partial charge in [-0.1, -0.05) is 24.8 Å². The second kappa shape index (κ2) is 7.43. The van der Waals surface area contributed by atoms with Gasteiger partial charge in [-0.3, -0.25) is 19.7 Å². The standard InChI is InChI=1S/C15H20N2O3/c1-4-6-13-12(5-2)9-17(15(13)20)11(3)7-8-14(19)16-10-18/h4-6,10-11H,2,7-9H2,1,3H3,(H,16,18,19)/b6-4-. The number of hydrogen-bond donors (Lipinski definition) is 1. The van der Waals surface area contributed by atoms with Crippen LogP contribution in [0.4, 0.5) is 0 Å². The SMILES string of the molecule is C=CC1=C(/C=C\C)C(=O)N(C(C)CCC(=O)NC=O)C1. The van der Waals surface area contributed by atoms with E-state index < -0.39 is 0 Å². The van der Waals surface area contributed by atoms with Crippen molar-refractivity contribution >= 4 is 18.2 Å². The van der Waals surface area contributed by atoms with Crippen molar-refractivity contribution in [1.29, 1.82) is 0 Å². The predicted octanol–water partition coefficient (Wildman–Crippen LogP) is 1.33. The predicted molar refractivity (Wildman–Crippen MR) is 76.7 cm³/mol. The maximum absolute atomic E-state index is 12.3. The highest BCUT2D eigenvalue weighted by Crippen LogP contribution is 2.24. The summed E-state index contributed by atoms with van der Waals surface area (Å²) in [6.45, 7) is 7.99. The minimum Gasteiger partial charge on any atom is -0.332 e. The molecular formula is C15H20N2O3. The zero-order chi connectivity index (χ0) is 15.1. The first kappa shape index (κ1) is 15.9. The molecule has 1 rings (SSSR count). The van der Waals surface area contributed by atoms with Gasteiger partial charge in [0.2, 0.25) is 12.3 Å². The lowest BCUT2D eigenvalue weighted by molar-refractivity contribution is -0.129. The molecule has 0 spiro atoms. The summed E-state index contributed by atoms with van der Waals surface area (Å²) in [7, 11) is 0. The molecule has 1 heterocycles. The zero-order valence-electron chi connectivity index (χ0n) is 11.9. The summed E-state index contributed by atoms with van der Waals surface area (Å²) in [5.41, 5.74) is 1.56. The van der Waals surface area contributed by atoms with Crippen LogP contribution in [-0.4, -0.2) is 35.7 Å². The molecule has 5 heteroatoms. The van der Waals surface area contributed by atoms with Gasteiger partial charge in [-0.25, -0.2) is 0 Å². The van der Waals surface area contributed by atoms with Crippen LogP contribution in [0.5, 0.6) is 0 Å². The Labute approximate surface area is 119 Å². The normalized spacial score (nSPS) is 16.7. The van der Waals surface area contributed by atoms with Crippen LogP contribution in [0.3, 0.4) is 0 Å². The van der Waals surface area contributed by atoms with Gasteiger partial charge in [-0.15, -0.1) is 0 Å². The molecule has 20 heavy (non-hydrogen) atoms. The summed E-state index contributed by atoms with van der Waals surface area (Å²) >= 11 is 0. The summed E-state index contributed by atoms with van der Waals surface area (Å²) in [5.74, 6) is -0.370. The molecule has 0 saturated carbocycles. The highest BCUT2D eigenvalue weighted by Gasteiger charge is 2.30. The van der Waals surface area contributed by atoms with Gasteiger partial charge in [0.1, 0.15) is 0 Å². The zero-order valence-corrected chi connectivity index (χ0v) is 11.9. The molecule has 0 bridgehead atoms. The lowest BCUT2D eigenvalue weighted by Gasteiger charge is -2.24. The number of imide groups is 1. The number of carbonyl (C=O) groups excluding carboxylic acids is 3. The van der Waals surface area contributed by atoms with Crippen molar-refractivity contribution in [2.24, 2.45) is 0 Å². The van der Waals surface area contributed by atoms with Gasteiger partial charge in [0, 0.05) is 24.6 Å². The van der Waals surface area contributed by atoms with Crippen LogP contribution in [0.1, 0.15) is 26.7 Å². The number of allylic oxidation sites excluding steroid dienone is 1. The molecule has 0 saturated heterocycles. The summed E-state index contributed by atoms with van der Waals surface area (Å²) < 4.78 is 0. The molecule has 1 aliphatic rings. The van der Waals surface area contributed by atoms with E-state index in [9.17, 15) is 14.4 Å². The molecule has 0 aromatic rings. The third-order valence-corrected chi connectivity index (χ3v) is 3.30. The molecule has 1 atom stereocenters. The second-order valence-electron chi connectivity index (χ2n) is 4.65.